The molecule has 0 aliphatic heterocycles. The lowest BCUT2D eigenvalue weighted by molar-refractivity contribution is 0.885. The average molecular weight is 212 g/mol. The fourth-order valence-corrected chi connectivity index (χ4v) is 1.38. The number of hydrogen-bond donors (Lipinski definition) is 0. The Morgan fingerprint density at radius 1 is 0.875 bits per heavy atom. The molecule has 0 saturated carbocycles. The molecule has 0 aromatic carbocycles. The predicted octanol–water partition coefficient (Wildman–Crippen LogP) is 0.848. The van der Waals surface area contributed by atoms with Crippen molar-refractivity contribution < 1.29 is 0 Å². The molecule has 0 aliphatic rings. The summed E-state index contributed by atoms with van der Waals surface area (Å²) >= 11 is 0. The van der Waals surface area contributed by atoms with Crippen LogP contribution in [0.3, 0.4) is 0 Å². The second-order valence-corrected chi connectivity index (χ2v) is 3.15. The highest BCUT2D eigenvalue weighted by Gasteiger charge is 2.01. The second-order valence-electron chi connectivity index (χ2n) is 3.15. The molecular formula is C10H8N6. The van der Waals surface area contributed by atoms with Crippen molar-refractivity contribution in [3.8, 4) is 11.8 Å². The van der Waals surface area contributed by atoms with Gasteiger partial charge in [-0.3, -0.25) is 9.13 Å². The summed E-state index contributed by atoms with van der Waals surface area (Å²) in [5, 5.41) is 0. The van der Waals surface area contributed by atoms with Gasteiger partial charge < -0.3 is 0 Å². The van der Waals surface area contributed by atoms with Gasteiger partial charge in [-0.1, -0.05) is 0 Å². The maximum absolute atomic E-state index is 4.39. The van der Waals surface area contributed by atoms with E-state index in [1.54, 1.807) is 42.0 Å². The van der Waals surface area contributed by atoms with Crippen molar-refractivity contribution in [2.24, 2.45) is 0 Å². The van der Waals surface area contributed by atoms with E-state index >= 15 is 0 Å². The van der Waals surface area contributed by atoms with E-state index in [0.717, 1.165) is 5.82 Å². The van der Waals surface area contributed by atoms with Crippen LogP contribution < -0.4 is 0 Å². The summed E-state index contributed by atoms with van der Waals surface area (Å²) in [6.45, 7) is 0. The van der Waals surface area contributed by atoms with Gasteiger partial charge in [0.25, 0.3) is 0 Å². The van der Waals surface area contributed by atoms with Crippen LogP contribution in [-0.2, 0) is 0 Å². The maximum atomic E-state index is 4.39. The second kappa shape index (κ2) is 3.58. The van der Waals surface area contributed by atoms with E-state index in [1.165, 1.54) is 0 Å². The van der Waals surface area contributed by atoms with Gasteiger partial charge in [0.1, 0.15) is 18.5 Å². The highest BCUT2D eigenvalue weighted by molar-refractivity contribution is 5.25. The summed E-state index contributed by atoms with van der Waals surface area (Å²) in [6.07, 6.45) is 12.1. The molecule has 3 aromatic rings. The zero-order chi connectivity index (χ0) is 10.8. The maximum Gasteiger partial charge on any atom is 0.236 e. The minimum Gasteiger partial charge on any atom is -0.290 e. The van der Waals surface area contributed by atoms with Crippen molar-refractivity contribution >= 4 is 0 Å². The largest absolute Gasteiger partial charge is 0.290 e. The molecule has 6 nitrogen and oxygen atoms in total. The number of rotatable bonds is 2. The van der Waals surface area contributed by atoms with Gasteiger partial charge in [-0.25, -0.2) is 15.0 Å². The van der Waals surface area contributed by atoms with Crippen LogP contribution in [-0.4, -0.2) is 29.1 Å². The Labute approximate surface area is 91.3 Å². The van der Waals surface area contributed by atoms with Crippen LogP contribution in [0.2, 0.25) is 0 Å². The van der Waals surface area contributed by atoms with Crippen LogP contribution in [0.15, 0.2) is 49.7 Å². The molecule has 3 aromatic heterocycles. The first-order valence-corrected chi connectivity index (χ1v) is 4.73. The lowest BCUT2D eigenvalue weighted by atomic mass is 10.5. The van der Waals surface area contributed by atoms with Crippen LogP contribution in [0.5, 0.6) is 0 Å². The molecule has 16 heavy (non-hydrogen) atoms. The molecule has 0 radical (unpaired) electrons. The van der Waals surface area contributed by atoms with Crippen molar-refractivity contribution in [1.29, 1.82) is 0 Å². The number of aromatic nitrogens is 6. The molecule has 78 valence electrons. The fraction of sp³-hybridized carbons (Fsp3) is 0. The van der Waals surface area contributed by atoms with Gasteiger partial charge in [0.05, 0.1) is 0 Å². The highest BCUT2D eigenvalue weighted by Crippen LogP contribution is 2.05. The number of hydrogen-bond acceptors (Lipinski definition) is 4. The third-order valence-corrected chi connectivity index (χ3v) is 2.13. The highest BCUT2D eigenvalue weighted by atomic mass is 15.2. The average Bonchev–Trinajstić information content (AvgIpc) is 3.03. The Morgan fingerprint density at radius 2 is 1.62 bits per heavy atom. The molecule has 3 heterocycles. The first kappa shape index (κ1) is 8.78. The molecule has 0 spiro atoms. The van der Waals surface area contributed by atoms with Gasteiger partial charge in [0.15, 0.2) is 0 Å². The van der Waals surface area contributed by atoms with E-state index in [2.05, 4.69) is 19.9 Å². The Balaban J connectivity index is 2.07. The SMILES string of the molecule is c1cn(-c2ccnc(-n3ccnc3)n2)cn1. The van der Waals surface area contributed by atoms with Gasteiger partial charge in [-0.15, -0.1) is 0 Å². The van der Waals surface area contributed by atoms with Gasteiger partial charge >= 0.3 is 0 Å². The van der Waals surface area contributed by atoms with Crippen LogP contribution in [0.4, 0.5) is 0 Å². The van der Waals surface area contributed by atoms with Gasteiger partial charge in [0, 0.05) is 31.0 Å². The molecule has 6 heteroatoms. The molecule has 0 atom stereocenters. The quantitative estimate of drug-likeness (QED) is 0.631. The Bertz CT molecular complexity index is 520. The monoisotopic (exact) mass is 212 g/mol. The topological polar surface area (TPSA) is 61.4 Å². The minimum absolute atomic E-state index is 0.587. The molecular weight excluding hydrogens is 204 g/mol. The Kier molecular flexibility index (Phi) is 1.96. The smallest absolute Gasteiger partial charge is 0.236 e. The summed E-state index contributed by atoms with van der Waals surface area (Å²) in [5.41, 5.74) is 0. The summed E-state index contributed by atoms with van der Waals surface area (Å²) in [4.78, 5) is 16.5. The zero-order valence-corrected chi connectivity index (χ0v) is 8.30. The van der Waals surface area contributed by atoms with Crippen molar-refractivity contribution in [2.75, 3.05) is 0 Å². The van der Waals surface area contributed by atoms with E-state index in [0.29, 0.717) is 5.95 Å². The summed E-state index contributed by atoms with van der Waals surface area (Å²) in [7, 11) is 0. The van der Waals surface area contributed by atoms with Crippen LogP contribution in [0.25, 0.3) is 11.8 Å². The van der Waals surface area contributed by atoms with Crippen molar-refractivity contribution in [2.45, 2.75) is 0 Å². The van der Waals surface area contributed by atoms with Crippen molar-refractivity contribution in [3.05, 3.63) is 49.7 Å². The minimum atomic E-state index is 0.587. The third-order valence-electron chi connectivity index (χ3n) is 2.13. The molecule has 0 aliphatic carbocycles. The van der Waals surface area contributed by atoms with E-state index < -0.39 is 0 Å². The van der Waals surface area contributed by atoms with E-state index in [4.69, 9.17) is 0 Å². The summed E-state index contributed by atoms with van der Waals surface area (Å²) in [6, 6.07) is 1.82. The van der Waals surface area contributed by atoms with Crippen molar-refractivity contribution in [3.63, 3.8) is 0 Å². The Morgan fingerprint density at radius 3 is 2.31 bits per heavy atom. The molecule has 0 bridgehead atoms. The van der Waals surface area contributed by atoms with Gasteiger partial charge in [-0.2, -0.15) is 4.98 Å². The molecule has 0 saturated heterocycles. The van der Waals surface area contributed by atoms with Gasteiger partial charge in [0.2, 0.25) is 5.95 Å². The summed E-state index contributed by atoms with van der Waals surface area (Å²) in [5.74, 6) is 1.36. The molecule has 0 unspecified atom stereocenters. The van der Waals surface area contributed by atoms with Gasteiger partial charge in [-0.05, 0) is 6.07 Å². The summed E-state index contributed by atoms with van der Waals surface area (Å²) < 4.78 is 3.57. The lowest BCUT2D eigenvalue weighted by Crippen LogP contribution is -2.02. The predicted molar refractivity (Wildman–Crippen MR) is 56.3 cm³/mol. The lowest BCUT2D eigenvalue weighted by Gasteiger charge is -2.03. The van der Waals surface area contributed by atoms with Crippen LogP contribution in [0.1, 0.15) is 0 Å². The van der Waals surface area contributed by atoms with E-state index in [-0.39, 0.29) is 0 Å². The first-order chi connectivity index (χ1) is 7.93. The molecule has 3 rings (SSSR count). The Hall–Kier alpha value is -2.50. The van der Waals surface area contributed by atoms with Crippen LogP contribution >= 0.6 is 0 Å². The molecule has 0 amide bonds. The normalized spacial score (nSPS) is 10.5. The molecule has 0 fully saturated rings. The third kappa shape index (κ3) is 1.46. The number of imidazole rings is 2. The zero-order valence-electron chi connectivity index (χ0n) is 8.30. The first-order valence-electron chi connectivity index (χ1n) is 4.73. The van der Waals surface area contributed by atoms with Crippen LogP contribution in [0, 0.1) is 0 Å². The van der Waals surface area contributed by atoms with E-state index in [9.17, 15) is 0 Å². The fourth-order valence-electron chi connectivity index (χ4n) is 1.38. The standard InChI is InChI=1S/C10H8N6/c1-2-13-10(16-6-4-12-8-16)14-9(1)15-5-3-11-7-15/h1-8H. The van der Waals surface area contributed by atoms with Crippen molar-refractivity contribution in [1.82, 2.24) is 29.1 Å². The number of nitrogens with zero attached hydrogens (tertiary/aromatic N) is 6. The molecule has 0 N–H and O–H groups in total. The van der Waals surface area contributed by atoms with E-state index in [1.807, 2.05) is 16.8 Å².